The summed E-state index contributed by atoms with van der Waals surface area (Å²) in [7, 11) is 0. The third kappa shape index (κ3) is 4.91. The number of carbonyl (C=O) groups excluding carboxylic acids is 1. The van der Waals surface area contributed by atoms with Gasteiger partial charge >= 0.3 is 0 Å². The van der Waals surface area contributed by atoms with Gasteiger partial charge in [-0.2, -0.15) is 5.10 Å². The van der Waals surface area contributed by atoms with Crippen molar-refractivity contribution in [3.63, 3.8) is 0 Å². The van der Waals surface area contributed by atoms with Gasteiger partial charge in [0.15, 0.2) is 6.29 Å². The first-order valence-electron chi connectivity index (χ1n) is 9.64. The molecule has 0 saturated carbocycles. The Bertz CT molecular complexity index is 851. The summed E-state index contributed by atoms with van der Waals surface area (Å²) >= 11 is 0. The fourth-order valence-electron chi connectivity index (χ4n) is 3.14. The number of nitrogens with zero attached hydrogens (tertiary/aromatic N) is 3. The molecule has 0 amide bonds. The van der Waals surface area contributed by atoms with Crippen molar-refractivity contribution in [1.82, 2.24) is 14.8 Å². The fraction of sp³-hybridized carbons (Fsp3) is 0.348. The minimum Gasteiger partial charge on any atom is -0.291 e. The molecule has 0 atom stereocenters. The average Bonchev–Trinajstić information content (AvgIpc) is 3.13. The molecule has 1 aromatic carbocycles. The molecule has 1 radical (unpaired) electrons. The molecule has 27 heavy (non-hydrogen) atoms. The van der Waals surface area contributed by atoms with Gasteiger partial charge in [-0.05, 0) is 61.1 Å². The van der Waals surface area contributed by atoms with Crippen molar-refractivity contribution in [2.24, 2.45) is 0 Å². The molecule has 2 aromatic heterocycles. The molecule has 139 valence electrons. The van der Waals surface area contributed by atoms with Crippen LogP contribution in [0.4, 0.5) is 0 Å². The van der Waals surface area contributed by atoms with Crippen LogP contribution in [0.1, 0.15) is 56.7 Å². The van der Waals surface area contributed by atoms with E-state index in [4.69, 9.17) is 5.10 Å². The number of hydrogen-bond acceptors (Lipinski definition) is 3. The van der Waals surface area contributed by atoms with Crippen LogP contribution in [-0.2, 0) is 11.2 Å². The largest absolute Gasteiger partial charge is 0.291 e. The Balaban J connectivity index is 1.87. The number of hydrogen-bond donors (Lipinski definition) is 0. The standard InChI is InChI=1S/C23H26N3O/c1-18(2)19-11-13-20(14-12-19)26-21(9-5-3-4-8-16-27)17-23(25-26)22-10-6-7-15-24-22/h6-7,10-15,17-18H,3-5,8-9H2,1-2H3. The molecule has 0 aliphatic rings. The van der Waals surface area contributed by atoms with Gasteiger partial charge in [-0.1, -0.05) is 38.5 Å². The molecule has 0 N–H and O–H groups in total. The Hall–Kier alpha value is -2.75. The van der Waals surface area contributed by atoms with E-state index in [-0.39, 0.29) is 0 Å². The van der Waals surface area contributed by atoms with E-state index in [0.29, 0.717) is 12.3 Å². The van der Waals surface area contributed by atoms with E-state index in [1.54, 1.807) is 6.20 Å². The summed E-state index contributed by atoms with van der Waals surface area (Å²) in [5.74, 6) is 0.509. The third-order valence-electron chi connectivity index (χ3n) is 4.73. The lowest BCUT2D eigenvalue weighted by Crippen LogP contribution is -2.03. The van der Waals surface area contributed by atoms with Gasteiger partial charge in [-0.3, -0.25) is 9.78 Å². The average molecular weight is 360 g/mol. The van der Waals surface area contributed by atoms with E-state index < -0.39 is 0 Å². The van der Waals surface area contributed by atoms with Gasteiger partial charge < -0.3 is 0 Å². The summed E-state index contributed by atoms with van der Waals surface area (Å²) in [6.07, 6.45) is 8.15. The summed E-state index contributed by atoms with van der Waals surface area (Å²) < 4.78 is 2.03. The van der Waals surface area contributed by atoms with Gasteiger partial charge in [0.1, 0.15) is 5.69 Å². The van der Waals surface area contributed by atoms with Crippen LogP contribution in [0.15, 0.2) is 54.7 Å². The normalized spacial score (nSPS) is 11.1. The molecule has 4 heteroatoms. The predicted molar refractivity (Wildman–Crippen MR) is 109 cm³/mol. The first-order chi connectivity index (χ1) is 13.2. The van der Waals surface area contributed by atoms with Crippen molar-refractivity contribution in [3.05, 3.63) is 66.0 Å². The molecule has 0 aliphatic heterocycles. The zero-order chi connectivity index (χ0) is 19.1. The van der Waals surface area contributed by atoms with Crippen LogP contribution in [-0.4, -0.2) is 21.1 Å². The van der Waals surface area contributed by atoms with Crippen LogP contribution in [0, 0.1) is 0 Å². The van der Waals surface area contributed by atoms with Gasteiger partial charge in [0.05, 0.1) is 11.4 Å². The predicted octanol–water partition coefficient (Wildman–Crippen LogP) is 5.27. The van der Waals surface area contributed by atoms with E-state index in [0.717, 1.165) is 42.8 Å². The van der Waals surface area contributed by atoms with Crippen molar-refractivity contribution in [2.45, 2.75) is 51.9 Å². The van der Waals surface area contributed by atoms with Gasteiger partial charge in [-0.25, -0.2) is 4.68 Å². The molecule has 0 bridgehead atoms. The van der Waals surface area contributed by atoms with Crippen molar-refractivity contribution in [2.75, 3.05) is 0 Å². The lowest BCUT2D eigenvalue weighted by Gasteiger charge is -2.10. The third-order valence-corrected chi connectivity index (χ3v) is 4.73. The molecule has 4 nitrogen and oxygen atoms in total. The van der Waals surface area contributed by atoms with Crippen LogP contribution in [0.25, 0.3) is 17.1 Å². The monoisotopic (exact) mass is 360 g/mol. The molecule has 0 spiro atoms. The first kappa shape index (κ1) is 19.0. The Kier molecular flexibility index (Phi) is 6.53. The Morgan fingerprint density at radius 2 is 1.81 bits per heavy atom. The molecule has 3 rings (SSSR count). The van der Waals surface area contributed by atoms with Crippen molar-refractivity contribution < 1.29 is 4.79 Å². The topological polar surface area (TPSA) is 47.8 Å². The van der Waals surface area contributed by atoms with E-state index in [1.807, 2.05) is 29.2 Å². The van der Waals surface area contributed by atoms with Crippen LogP contribution in [0.3, 0.4) is 0 Å². The zero-order valence-electron chi connectivity index (χ0n) is 16.1. The first-order valence-corrected chi connectivity index (χ1v) is 9.64. The highest BCUT2D eigenvalue weighted by Crippen LogP contribution is 2.23. The molecule has 2 heterocycles. The number of unbranched alkanes of at least 4 members (excludes halogenated alkanes) is 3. The molecule has 0 fully saturated rings. The minimum atomic E-state index is 0.509. The van der Waals surface area contributed by atoms with Crippen LogP contribution in [0.2, 0.25) is 0 Å². The summed E-state index contributed by atoms with van der Waals surface area (Å²) in [4.78, 5) is 14.8. The van der Waals surface area contributed by atoms with Crippen LogP contribution < -0.4 is 0 Å². The molecule has 3 aromatic rings. The number of aromatic nitrogens is 3. The highest BCUT2D eigenvalue weighted by Gasteiger charge is 2.12. The zero-order valence-corrected chi connectivity index (χ0v) is 16.1. The summed E-state index contributed by atoms with van der Waals surface area (Å²) in [5.41, 5.74) is 5.33. The Labute approximate surface area is 161 Å². The Morgan fingerprint density at radius 1 is 1.00 bits per heavy atom. The number of pyridine rings is 1. The van der Waals surface area contributed by atoms with Crippen molar-refractivity contribution >= 4 is 6.29 Å². The molecular formula is C23H26N3O. The number of aryl methyl sites for hydroxylation is 1. The number of benzene rings is 1. The number of rotatable bonds is 9. The molecule has 0 aliphatic carbocycles. The summed E-state index contributed by atoms with van der Waals surface area (Å²) in [5, 5.41) is 4.83. The molecule has 0 unspecified atom stereocenters. The summed E-state index contributed by atoms with van der Waals surface area (Å²) in [6.45, 7) is 4.40. The Morgan fingerprint density at radius 3 is 2.48 bits per heavy atom. The maximum atomic E-state index is 10.4. The highest BCUT2D eigenvalue weighted by atomic mass is 16.1. The van der Waals surface area contributed by atoms with Crippen LogP contribution >= 0.6 is 0 Å². The summed E-state index contributed by atoms with van der Waals surface area (Å²) in [6, 6.07) is 16.6. The minimum absolute atomic E-state index is 0.509. The maximum Gasteiger partial charge on any atom is 0.198 e. The van der Waals surface area contributed by atoms with Crippen LogP contribution in [0.5, 0.6) is 0 Å². The lowest BCUT2D eigenvalue weighted by molar-refractivity contribution is 0.544. The molecule has 0 saturated heterocycles. The van der Waals surface area contributed by atoms with Gasteiger partial charge in [-0.15, -0.1) is 0 Å². The van der Waals surface area contributed by atoms with E-state index in [1.165, 1.54) is 11.3 Å². The quantitative estimate of drug-likeness (QED) is 0.488. The molecular weight excluding hydrogens is 334 g/mol. The second-order valence-corrected chi connectivity index (χ2v) is 7.10. The highest BCUT2D eigenvalue weighted by molar-refractivity contribution is 5.55. The van der Waals surface area contributed by atoms with Gasteiger partial charge in [0.2, 0.25) is 0 Å². The van der Waals surface area contributed by atoms with Gasteiger partial charge in [0, 0.05) is 18.3 Å². The van der Waals surface area contributed by atoms with E-state index in [2.05, 4.69) is 49.2 Å². The second kappa shape index (κ2) is 9.26. The van der Waals surface area contributed by atoms with E-state index >= 15 is 0 Å². The maximum absolute atomic E-state index is 10.4. The lowest BCUT2D eigenvalue weighted by atomic mass is 10.0. The van der Waals surface area contributed by atoms with E-state index in [9.17, 15) is 4.79 Å². The van der Waals surface area contributed by atoms with Crippen molar-refractivity contribution in [1.29, 1.82) is 0 Å². The smallest absolute Gasteiger partial charge is 0.198 e. The fourth-order valence-corrected chi connectivity index (χ4v) is 3.14. The van der Waals surface area contributed by atoms with Gasteiger partial charge in [0.25, 0.3) is 0 Å². The second-order valence-electron chi connectivity index (χ2n) is 7.10. The van der Waals surface area contributed by atoms with Crippen molar-refractivity contribution in [3.8, 4) is 17.1 Å². The SMILES string of the molecule is CC(C)c1ccc(-n2nc(-c3ccccn3)cc2CCCCC[C]=O)cc1.